The van der Waals surface area contributed by atoms with Gasteiger partial charge in [0.2, 0.25) is 0 Å². The molecule has 0 aromatic rings. The normalized spacial score (nSPS) is 9.60. The van der Waals surface area contributed by atoms with E-state index >= 15 is 0 Å². The van der Waals surface area contributed by atoms with Gasteiger partial charge in [-0.2, -0.15) is 0 Å². The summed E-state index contributed by atoms with van der Waals surface area (Å²) in [4.78, 5) is 0. The molecule has 0 fully saturated rings. The van der Waals surface area contributed by atoms with Gasteiger partial charge < -0.3 is 20.6 Å². The van der Waals surface area contributed by atoms with Crippen LogP contribution in [0.4, 0.5) is 0 Å². The smallest absolute Gasteiger partial charge is 0.164 e. The predicted molar refractivity (Wildman–Crippen MR) is 40.0 cm³/mol. The zero-order valence-electron chi connectivity index (χ0n) is 5.66. The van der Waals surface area contributed by atoms with E-state index in [0.717, 1.165) is 0 Å². The van der Waals surface area contributed by atoms with Crippen molar-refractivity contribution in [1.82, 2.24) is 5.32 Å². The van der Waals surface area contributed by atoms with Crippen LogP contribution in [0.3, 0.4) is 0 Å². The first-order valence-electron chi connectivity index (χ1n) is 2.95. The quantitative estimate of drug-likeness (QED) is 0.306. The molecule has 0 aliphatic heterocycles. The van der Waals surface area contributed by atoms with Crippen molar-refractivity contribution in [2.24, 2.45) is 0 Å². The van der Waals surface area contributed by atoms with Gasteiger partial charge in [-0.05, 0) is 13.0 Å². The van der Waals surface area contributed by atoms with E-state index in [4.69, 9.17) is 15.3 Å². The van der Waals surface area contributed by atoms with Gasteiger partial charge in [0.1, 0.15) is 0 Å². The molecule has 0 aromatic carbocycles. The molecule has 5 heteroatoms. The summed E-state index contributed by atoms with van der Waals surface area (Å²) < 4.78 is 0. The Morgan fingerprint density at radius 2 is 1.90 bits per heavy atom. The maximum atomic E-state index is 8.28. The van der Waals surface area contributed by atoms with Crippen LogP contribution in [0.15, 0.2) is 0 Å². The van der Waals surface area contributed by atoms with Crippen LogP contribution in [0.1, 0.15) is 6.42 Å². The van der Waals surface area contributed by atoms with Crippen molar-refractivity contribution >= 4 is 12.4 Å². The average molecular weight is 172 g/mol. The van der Waals surface area contributed by atoms with Crippen LogP contribution in [0.25, 0.3) is 0 Å². The van der Waals surface area contributed by atoms with Gasteiger partial charge in [-0.15, -0.1) is 12.4 Å². The zero-order chi connectivity index (χ0) is 7.11. The summed E-state index contributed by atoms with van der Waals surface area (Å²) >= 11 is 0. The minimum absolute atomic E-state index is 0. The minimum Gasteiger partial charge on any atom is -0.396 e. The number of hydrogen-bond donors (Lipinski definition) is 4. The third-order valence-electron chi connectivity index (χ3n) is 0.839. The second-order valence-corrected chi connectivity index (χ2v) is 1.76. The number of aliphatic hydroxyl groups is 3. The van der Waals surface area contributed by atoms with Gasteiger partial charge in [0, 0.05) is 13.2 Å². The molecule has 0 saturated carbocycles. The molecule has 0 bridgehead atoms. The third-order valence-corrected chi connectivity index (χ3v) is 0.839. The lowest BCUT2D eigenvalue weighted by atomic mass is 10.4. The molecule has 0 atom stereocenters. The number of aliphatic hydroxyl groups excluding tert-OH is 2. The third kappa shape index (κ3) is 11.0. The average Bonchev–Trinajstić information content (AvgIpc) is 1.80. The summed E-state index contributed by atoms with van der Waals surface area (Å²) in [6, 6.07) is 0. The highest BCUT2D eigenvalue weighted by molar-refractivity contribution is 5.85. The Morgan fingerprint density at radius 1 is 1.30 bits per heavy atom. The van der Waals surface area contributed by atoms with Crippen molar-refractivity contribution in [1.29, 1.82) is 0 Å². The van der Waals surface area contributed by atoms with Crippen molar-refractivity contribution in [2.75, 3.05) is 19.7 Å². The summed E-state index contributed by atoms with van der Waals surface area (Å²) in [6.07, 6.45) is -0.643. The molecule has 0 radical (unpaired) electrons. The molecule has 0 rings (SSSR count). The van der Waals surface area contributed by atoms with Crippen LogP contribution in [0.5, 0.6) is 0 Å². The van der Waals surface area contributed by atoms with Crippen molar-refractivity contribution < 1.29 is 15.3 Å². The number of nitrogens with one attached hydrogen (secondary N) is 1. The van der Waals surface area contributed by atoms with Crippen LogP contribution in [-0.4, -0.2) is 41.3 Å². The predicted octanol–water partition coefficient (Wildman–Crippen LogP) is -1.31. The fourth-order valence-corrected chi connectivity index (χ4v) is 0.435. The molecule has 0 aliphatic rings. The van der Waals surface area contributed by atoms with E-state index < -0.39 is 6.29 Å². The van der Waals surface area contributed by atoms with Crippen LogP contribution in [0.2, 0.25) is 0 Å². The SMILES string of the molecule is Cl.OCCCNCC(O)O. The highest BCUT2D eigenvalue weighted by atomic mass is 35.5. The Hall–Kier alpha value is 0.130. The summed E-state index contributed by atoms with van der Waals surface area (Å²) in [6.45, 7) is 0.919. The Labute approximate surface area is 66.3 Å². The molecule has 0 spiro atoms. The van der Waals surface area contributed by atoms with Crippen LogP contribution < -0.4 is 5.32 Å². The number of hydrogen-bond acceptors (Lipinski definition) is 4. The van der Waals surface area contributed by atoms with E-state index in [1.54, 1.807) is 0 Å². The first kappa shape index (κ1) is 12.8. The number of rotatable bonds is 5. The molecule has 0 aromatic heterocycles. The van der Waals surface area contributed by atoms with Gasteiger partial charge >= 0.3 is 0 Å². The van der Waals surface area contributed by atoms with Gasteiger partial charge in [0.15, 0.2) is 6.29 Å². The molecule has 0 aliphatic carbocycles. The molecule has 0 unspecified atom stereocenters. The molecular weight excluding hydrogens is 158 g/mol. The maximum Gasteiger partial charge on any atom is 0.164 e. The maximum absolute atomic E-state index is 8.28. The van der Waals surface area contributed by atoms with E-state index in [1.165, 1.54) is 0 Å². The fraction of sp³-hybridized carbons (Fsp3) is 1.00. The Morgan fingerprint density at radius 3 is 2.30 bits per heavy atom. The molecule has 64 valence electrons. The molecule has 4 N–H and O–H groups in total. The van der Waals surface area contributed by atoms with E-state index in [-0.39, 0.29) is 25.6 Å². The van der Waals surface area contributed by atoms with Gasteiger partial charge in [0.25, 0.3) is 0 Å². The topological polar surface area (TPSA) is 72.7 Å². The summed E-state index contributed by atoms with van der Waals surface area (Å²) in [5, 5.41) is 27.6. The van der Waals surface area contributed by atoms with Crippen LogP contribution in [-0.2, 0) is 0 Å². The van der Waals surface area contributed by atoms with Crippen molar-refractivity contribution in [3.05, 3.63) is 0 Å². The van der Waals surface area contributed by atoms with Crippen molar-refractivity contribution in [3.63, 3.8) is 0 Å². The van der Waals surface area contributed by atoms with Gasteiger partial charge in [-0.1, -0.05) is 0 Å². The highest BCUT2D eigenvalue weighted by Gasteiger charge is 1.93. The Kier molecular flexibility index (Phi) is 11.7. The zero-order valence-corrected chi connectivity index (χ0v) is 6.47. The molecule has 0 amide bonds. The second kappa shape index (κ2) is 9.13. The van der Waals surface area contributed by atoms with Crippen LogP contribution in [0, 0.1) is 0 Å². The lowest BCUT2D eigenvalue weighted by Gasteiger charge is -2.03. The Bertz CT molecular complexity index is 62.9. The lowest BCUT2D eigenvalue weighted by Crippen LogP contribution is -2.27. The molecule has 4 nitrogen and oxygen atoms in total. The molecular formula is C5H14ClNO3. The molecule has 0 saturated heterocycles. The standard InChI is InChI=1S/C5H13NO3.ClH/c7-3-1-2-6-4-5(8)9;/h5-9H,1-4H2;1H. The van der Waals surface area contributed by atoms with E-state index in [0.29, 0.717) is 13.0 Å². The second-order valence-electron chi connectivity index (χ2n) is 1.76. The summed E-state index contributed by atoms with van der Waals surface area (Å²) in [5.74, 6) is 0. The van der Waals surface area contributed by atoms with Gasteiger partial charge in [-0.25, -0.2) is 0 Å². The van der Waals surface area contributed by atoms with Crippen molar-refractivity contribution in [3.8, 4) is 0 Å². The Balaban J connectivity index is 0. The summed E-state index contributed by atoms with van der Waals surface area (Å²) in [5.41, 5.74) is 0. The highest BCUT2D eigenvalue weighted by Crippen LogP contribution is 1.73. The molecule has 10 heavy (non-hydrogen) atoms. The van der Waals surface area contributed by atoms with E-state index in [1.807, 2.05) is 0 Å². The lowest BCUT2D eigenvalue weighted by molar-refractivity contribution is -0.0371. The van der Waals surface area contributed by atoms with Gasteiger partial charge in [-0.3, -0.25) is 0 Å². The summed E-state index contributed by atoms with van der Waals surface area (Å²) in [7, 11) is 0. The minimum atomic E-state index is -1.29. The monoisotopic (exact) mass is 171 g/mol. The van der Waals surface area contributed by atoms with E-state index in [2.05, 4.69) is 5.32 Å². The fourth-order valence-electron chi connectivity index (χ4n) is 0.435. The molecule has 0 heterocycles. The van der Waals surface area contributed by atoms with Gasteiger partial charge in [0.05, 0.1) is 0 Å². The first-order chi connectivity index (χ1) is 4.27. The largest absolute Gasteiger partial charge is 0.396 e. The van der Waals surface area contributed by atoms with Crippen LogP contribution >= 0.6 is 12.4 Å². The van der Waals surface area contributed by atoms with Crippen molar-refractivity contribution in [2.45, 2.75) is 12.7 Å². The first-order valence-corrected chi connectivity index (χ1v) is 2.95. The number of halogens is 1. The van der Waals surface area contributed by atoms with E-state index in [9.17, 15) is 0 Å².